The van der Waals surface area contributed by atoms with Crippen molar-refractivity contribution in [2.24, 2.45) is 5.92 Å². The summed E-state index contributed by atoms with van der Waals surface area (Å²) in [5, 5.41) is 9.99. The van der Waals surface area contributed by atoms with E-state index in [-0.39, 0.29) is 11.0 Å². The van der Waals surface area contributed by atoms with Crippen molar-refractivity contribution in [3.8, 4) is 0 Å². The molecule has 16 heavy (non-hydrogen) atoms. The number of rotatable bonds is 6. The number of carbonyl (C=O) groups is 3. The summed E-state index contributed by atoms with van der Waals surface area (Å²) >= 11 is 0.944. The zero-order chi connectivity index (χ0) is 12.7. The molecule has 6 heteroatoms. The molecule has 0 heterocycles. The number of thioether (sulfide) groups is 1. The first kappa shape index (κ1) is 15.0. The molecule has 0 aliphatic carbocycles. The van der Waals surface area contributed by atoms with Gasteiger partial charge >= 0.3 is 5.97 Å². The zero-order valence-corrected chi connectivity index (χ0v) is 10.5. The second-order valence-electron chi connectivity index (χ2n) is 3.84. The van der Waals surface area contributed by atoms with Crippen LogP contribution < -0.4 is 5.32 Å². The maximum absolute atomic E-state index is 11.4. The van der Waals surface area contributed by atoms with Crippen molar-refractivity contribution in [2.75, 3.05) is 6.54 Å². The summed E-state index contributed by atoms with van der Waals surface area (Å²) in [5.74, 6) is -1.27. The van der Waals surface area contributed by atoms with Crippen molar-refractivity contribution >= 4 is 28.8 Å². The van der Waals surface area contributed by atoms with Gasteiger partial charge in [-0.1, -0.05) is 25.6 Å². The highest BCUT2D eigenvalue weighted by atomic mass is 32.2. The minimum Gasteiger partial charge on any atom is -0.480 e. The first-order valence-electron chi connectivity index (χ1n) is 5.02. The van der Waals surface area contributed by atoms with E-state index in [0.29, 0.717) is 6.42 Å². The lowest BCUT2D eigenvalue weighted by molar-refractivity contribution is -0.137. The van der Waals surface area contributed by atoms with Crippen molar-refractivity contribution in [1.29, 1.82) is 0 Å². The third kappa shape index (κ3) is 7.28. The molecule has 0 aromatic carbocycles. The second-order valence-corrected chi connectivity index (χ2v) is 5.24. The van der Waals surface area contributed by atoms with Crippen LogP contribution in [-0.4, -0.2) is 33.9 Å². The summed E-state index contributed by atoms with van der Waals surface area (Å²) < 4.78 is 0. The highest BCUT2D eigenvalue weighted by molar-refractivity contribution is 8.14. The Morgan fingerprint density at radius 1 is 1.25 bits per heavy atom. The number of amides is 1. The summed E-state index contributed by atoms with van der Waals surface area (Å²) in [6, 6.07) is 0. The number of aliphatic carboxylic acids is 1. The summed E-state index contributed by atoms with van der Waals surface area (Å²) in [6.07, 6.45) is 0.418. The van der Waals surface area contributed by atoms with Crippen LogP contribution in [0.5, 0.6) is 0 Å². The number of nitrogens with one attached hydrogen (secondary N) is 1. The van der Waals surface area contributed by atoms with Gasteiger partial charge in [0.25, 0.3) is 0 Å². The van der Waals surface area contributed by atoms with Gasteiger partial charge in [-0.25, -0.2) is 0 Å². The molecule has 2 N–H and O–H groups in total. The van der Waals surface area contributed by atoms with Crippen molar-refractivity contribution in [3.63, 3.8) is 0 Å². The molecule has 0 aliphatic heterocycles. The maximum atomic E-state index is 11.4. The van der Waals surface area contributed by atoms with Gasteiger partial charge in [0, 0.05) is 6.42 Å². The van der Waals surface area contributed by atoms with Crippen LogP contribution in [0.4, 0.5) is 0 Å². The molecule has 0 radical (unpaired) electrons. The van der Waals surface area contributed by atoms with Crippen LogP contribution in [0, 0.1) is 5.92 Å². The molecule has 1 atom stereocenters. The number of hydrogen-bond donors (Lipinski definition) is 2. The van der Waals surface area contributed by atoms with E-state index in [0.717, 1.165) is 11.8 Å². The van der Waals surface area contributed by atoms with Gasteiger partial charge in [-0.15, -0.1) is 0 Å². The monoisotopic (exact) mass is 247 g/mol. The zero-order valence-electron chi connectivity index (χ0n) is 9.65. The molecule has 1 amide bonds. The van der Waals surface area contributed by atoms with Gasteiger partial charge < -0.3 is 10.4 Å². The van der Waals surface area contributed by atoms with Crippen LogP contribution in [-0.2, 0) is 14.4 Å². The lowest BCUT2D eigenvalue weighted by Gasteiger charge is -2.10. The Morgan fingerprint density at radius 2 is 1.81 bits per heavy atom. The summed E-state index contributed by atoms with van der Waals surface area (Å²) in [5.41, 5.74) is 0. The average Bonchev–Trinajstić information content (AvgIpc) is 2.12. The van der Waals surface area contributed by atoms with Gasteiger partial charge in [0.05, 0.1) is 5.25 Å². The Kier molecular flexibility index (Phi) is 6.80. The smallest absolute Gasteiger partial charge is 0.322 e. The Labute approximate surface area is 99.0 Å². The van der Waals surface area contributed by atoms with Crippen LogP contribution in [0.3, 0.4) is 0 Å². The first-order chi connectivity index (χ1) is 7.32. The molecule has 0 rings (SSSR count). The number of carboxylic acids is 1. The third-order valence-electron chi connectivity index (χ3n) is 1.67. The Morgan fingerprint density at radius 3 is 2.25 bits per heavy atom. The number of carbonyl (C=O) groups excluding carboxylic acids is 2. The molecule has 0 aromatic rings. The number of carboxylic acid groups (broad SMARTS) is 1. The van der Waals surface area contributed by atoms with Crippen molar-refractivity contribution < 1.29 is 19.5 Å². The highest BCUT2D eigenvalue weighted by Crippen LogP contribution is 2.16. The molecular formula is C10H17NO4S. The van der Waals surface area contributed by atoms with Crippen molar-refractivity contribution in [2.45, 2.75) is 32.4 Å². The largest absolute Gasteiger partial charge is 0.480 e. The van der Waals surface area contributed by atoms with E-state index < -0.39 is 23.7 Å². The van der Waals surface area contributed by atoms with Gasteiger partial charge in [0.15, 0.2) is 5.12 Å². The predicted octanol–water partition coefficient (Wildman–Crippen LogP) is 0.882. The van der Waals surface area contributed by atoms with E-state index in [1.807, 2.05) is 13.8 Å². The highest BCUT2D eigenvalue weighted by Gasteiger charge is 2.18. The molecular weight excluding hydrogens is 230 g/mol. The first-order valence-corrected chi connectivity index (χ1v) is 5.90. The van der Waals surface area contributed by atoms with Gasteiger partial charge in [-0.2, -0.15) is 0 Å². The van der Waals surface area contributed by atoms with Crippen LogP contribution in [0.1, 0.15) is 27.2 Å². The fourth-order valence-electron chi connectivity index (χ4n) is 0.939. The van der Waals surface area contributed by atoms with E-state index in [4.69, 9.17) is 5.11 Å². The normalized spacial score (nSPS) is 12.2. The van der Waals surface area contributed by atoms with Crippen LogP contribution in [0.15, 0.2) is 0 Å². The molecule has 0 saturated heterocycles. The van der Waals surface area contributed by atoms with E-state index >= 15 is 0 Å². The van der Waals surface area contributed by atoms with Gasteiger partial charge in [0.1, 0.15) is 6.54 Å². The van der Waals surface area contributed by atoms with Crippen LogP contribution >= 0.6 is 11.8 Å². The van der Waals surface area contributed by atoms with Crippen LogP contribution in [0.2, 0.25) is 0 Å². The van der Waals surface area contributed by atoms with Gasteiger partial charge in [0.2, 0.25) is 5.91 Å². The lowest BCUT2D eigenvalue weighted by atomic mass is 10.2. The van der Waals surface area contributed by atoms with E-state index in [1.54, 1.807) is 6.92 Å². The molecule has 0 aromatic heterocycles. The third-order valence-corrected chi connectivity index (χ3v) is 2.66. The summed E-state index contributed by atoms with van der Waals surface area (Å²) in [7, 11) is 0. The van der Waals surface area contributed by atoms with Crippen molar-refractivity contribution in [1.82, 2.24) is 5.32 Å². The topological polar surface area (TPSA) is 83.5 Å². The molecule has 0 bridgehead atoms. The van der Waals surface area contributed by atoms with E-state index in [1.165, 1.54) is 0 Å². The molecule has 92 valence electrons. The molecule has 0 spiro atoms. The second kappa shape index (κ2) is 7.27. The SMILES string of the molecule is CC(C)CC(=O)SC(C)C(=O)NCC(=O)O. The van der Waals surface area contributed by atoms with Gasteiger partial charge in [-0.05, 0) is 12.8 Å². The maximum Gasteiger partial charge on any atom is 0.322 e. The predicted molar refractivity (Wildman–Crippen MR) is 62.2 cm³/mol. The standard InChI is InChI=1S/C10H17NO4S/c1-6(2)4-9(14)16-7(3)10(15)11-5-8(12)13/h6-7H,4-5H2,1-3H3,(H,11,15)(H,12,13). The minimum absolute atomic E-state index is 0.0482. The minimum atomic E-state index is -1.10. The average molecular weight is 247 g/mol. The molecule has 1 unspecified atom stereocenters. The van der Waals surface area contributed by atoms with Crippen molar-refractivity contribution in [3.05, 3.63) is 0 Å². The Hall–Kier alpha value is -1.04. The summed E-state index contributed by atoms with van der Waals surface area (Å²) in [6.45, 7) is 5.02. The molecule has 0 aliphatic rings. The van der Waals surface area contributed by atoms with E-state index in [2.05, 4.69) is 5.32 Å². The Bertz CT molecular complexity index is 278. The summed E-state index contributed by atoms with van der Waals surface area (Å²) in [4.78, 5) is 32.9. The fraction of sp³-hybridized carbons (Fsp3) is 0.700. The van der Waals surface area contributed by atoms with Gasteiger partial charge in [-0.3, -0.25) is 14.4 Å². The Balaban J connectivity index is 3.95. The number of hydrogen-bond acceptors (Lipinski definition) is 4. The quantitative estimate of drug-likeness (QED) is 0.728. The molecule has 0 fully saturated rings. The van der Waals surface area contributed by atoms with E-state index in [9.17, 15) is 14.4 Å². The molecule has 5 nitrogen and oxygen atoms in total. The lowest BCUT2D eigenvalue weighted by Crippen LogP contribution is -2.35. The van der Waals surface area contributed by atoms with Crippen LogP contribution in [0.25, 0.3) is 0 Å². The fourth-order valence-corrected chi connectivity index (χ4v) is 1.95. The molecule has 0 saturated carbocycles.